The summed E-state index contributed by atoms with van der Waals surface area (Å²) < 4.78 is 7.67. The predicted molar refractivity (Wildman–Crippen MR) is 79.9 cm³/mol. The molecule has 18 heavy (non-hydrogen) atoms. The average molecular weight is 371 g/mol. The van der Waals surface area contributed by atoms with Gasteiger partial charge in [0.2, 0.25) is 0 Å². The Balaban J connectivity index is 1.86. The normalized spacial score (nSPS) is 18.4. The molecule has 3 rings (SSSR count). The first-order chi connectivity index (χ1) is 8.74. The zero-order valence-corrected chi connectivity index (χ0v) is 12.9. The van der Waals surface area contributed by atoms with Gasteiger partial charge in [0.1, 0.15) is 5.76 Å². The van der Waals surface area contributed by atoms with Crippen LogP contribution in [0.15, 0.2) is 43.9 Å². The van der Waals surface area contributed by atoms with E-state index in [9.17, 15) is 0 Å². The van der Waals surface area contributed by atoms with Crippen molar-refractivity contribution in [3.63, 3.8) is 0 Å². The fourth-order valence-electron chi connectivity index (χ4n) is 2.43. The zero-order chi connectivity index (χ0) is 12.5. The van der Waals surface area contributed by atoms with Crippen molar-refractivity contribution in [2.75, 3.05) is 5.32 Å². The van der Waals surface area contributed by atoms with E-state index in [0.717, 1.165) is 33.2 Å². The van der Waals surface area contributed by atoms with Gasteiger partial charge in [-0.25, -0.2) is 0 Å². The van der Waals surface area contributed by atoms with Gasteiger partial charge in [-0.15, -0.1) is 0 Å². The summed E-state index contributed by atoms with van der Waals surface area (Å²) in [5.41, 5.74) is 2.42. The van der Waals surface area contributed by atoms with E-state index in [4.69, 9.17) is 4.42 Å². The molecule has 0 radical (unpaired) electrons. The van der Waals surface area contributed by atoms with E-state index >= 15 is 0 Å². The summed E-state index contributed by atoms with van der Waals surface area (Å²) in [5, 5.41) is 3.59. The number of rotatable bonds is 2. The lowest BCUT2D eigenvalue weighted by atomic mass is 9.93. The Labute approximate surface area is 123 Å². The highest BCUT2D eigenvalue weighted by Gasteiger charge is 2.22. The van der Waals surface area contributed by atoms with Crippen LogP contribution in [-0.2, 0) is 6.42 Å². The van der Waals surface area contributed by atoms with Gasteiger partial charge in [-0.2, -0.15) is 0 Å². The van der Waals surface area contributed by atoms with Crippen LogP contribution in [-0.4, -0.2) is 0 Å². The van der Waals surface area contributed by atoms with Crippen molar-refractivity contribution in [3.8, 4) is 0 Å². The van der Waals surface area contributed by atoms with Gasteiger partial charge in [-0.3, -0.25) is 0 Å². The minimum absolute atomic E-state index is 0.352. The minimum atomic E-state index is 0.352. The third kappa shape index (κ3) is 2.36. The number of benzene rings is 1. The van der Waals surface area contributed by atoms with E-state index in [-0.39, 0.29) is 0 Å². The molecule has 1 aromatic carbocycles. The lowest BCUT2D eigenvalue weighted by Crippen LogP contribution is -2.16. The van der Waals surface area contributed by atoms with Gasteiger partial charge in [-0.05, 0) is 53.0 Å². The van der Waals surface area contributed by atoms with E-state index < -0.39 is 0 Å². The maximum atomic E-state index is 5.51. The van der Waals surface area contributed by atoms with Gasteiger partial charge in [0.05, 0.1) is 12.3 Å². The molecule has 1 unspecified atom stereocenters. The second kappa shape index (κ2) is 5.10. The lowest BCUT2D eigenvalue weighted by molar-refractivity contribution is 0.461. The van der Waals surface area contributed by atoms with Gasteiger partial charge in [-0.1, -0.05) is 15.9 Å². The van der Waals surface area contributed by atoms with Gasteiger partial charge in [0.15, 0.2) is 0 Å². The molecule has 1 heterocycles. The summed E-state index contributed by atoms with van der Waals surface area (Å²) in [5.74, 6) is 1.13. The van der Waals surface area contributed by atoms with Crippen LogP contribution in [0.5, 0.6) is 0 Å². The van der Waals surface area contributed by atoms with Crippen LogP contribution < -0.4 is 5.32 Å². The number of hydrogen-bond donors (Lipinski definition) is 1. The number of furan rings is 1. The van der Waals surface area contributed by atoms with Crippen LogP contribution >= 0.6 is 31.9 Å². The Bertz CT molecular complexity index is 565. The molecule has 1 N–H and O–H groups in total. The van der Waals surface area contributed by atoms with Crippen LogP contribution in [0.3, 0.4) is 0 Å². The Morgan fingerprint density at radius 3 is 2.94 bits per heavy atom. The maximum absolute atomic E-state index is 5.51. The molecule has 4 heteroatoms. The molecule has 0 fully saturated rings. The number of aryl methyl sites for hydroxylation is 1. The molecule has 0 bridgehead atoms. The first-order valence-corrected chi connectivity index (χ1v) is 7.60. The fourth-order valence-corrected chi connectivity index (χ4v) is 3.59. The molecule has 0 aliphatic heterocycles. The highest BCUT2D eigenvalue weighted by molar-refractivity contribution is 9.11. The molecule has 0 spiro atoms. The first-order valence-electron chi connectivity index (χ1n) is 6.02. The van der Waals surface area contributed by atoms with Gasteiger partial charge >= 0.3 is 0 Å². The van der Waals surface area contributed by atoms with Crippen LogP contribution in [0.4, 0.5) is 5.69 Å². The van der Waals surface area contributed by atoms with Crippen molar-refractivity contribution in [1.82, 2.24) is 0 Å². The summed E-state index contributed by atoms with van der Waals surface area (Å²) in [7, 11) is 0. The summed E-state index contributed by atoms with van der Waals surface area (Å²) in [6.45, 7) is 0. The lowest BCUT2D eigenvalue weighted by Gasteiger charge is -2.24. The Kier molecular flexibility index (Phi) is 3.48. The molecule has 1 aliphatic rings. The molecular formula is C14H13Br2NO. The maximum Gasteiger partial charge on any atom is 0.109 e. The van der Waals surface area contributed by atoms with Crippen molar-refractivity contribution < 1.29 is 4.42 Å². The Hall–Kier alpha value is -0.740. The largest absolute Gasteiger partial charge is 0.469 e. The molecule has 0 saturated heterocycles. The summed E-state index contributed by atoms with van der Waals surface area (Å²) in [6.07, 6.45) is 5.17. The van der Waals surface area contributed by atoms with Crippen molar-refractivity contribution in [3.05, 3.63) is 50.8 Å². The predicted octanol–water partition coefficient (Wildman–Crippen LogP) is 5.29. The summed E-state index contributed by atoms with van der Waals surface area (Å²) in [4.78, 5) is 0. The molecule has 1 atom stereocenters. The van der Waals surface area contributed by atoms with Crippen molar-refractivity contribution in [2.45, 2.75) is 25.3 Å². The number of hydrogen-bond acceptors (Lipinski definition) is 2. The Morgan fingerprint density at radius 2 is 2.11 bits per heavy atom. The molecule has 1 aliphatic carbocycles. The van der Waals surface area contributed by atoms with Crippen LogP contribution in [0.1, 0.15) is 30.2 Å². The number of anilines is 1. The van der Waals surface area contributed by atoms with E-state index in [1.54, 1.807) is 6.26 Å². The van der Waals surface area contributed by atoms with Crippen molar-refractivity contribution >= 4 is 37.5 Å². The smallest absolute Gasteiger partial charge is 0.109 e. The monoisotopic (exact) mass is 369 g/mol. The number of halogens is 2. The highest BCUT2D eigenvalue weighted by Crippen LogP contribution is 2.35. The standard InChI is InChI=1S/C14H13Br2NO/c15-9-4-5-13(11(16)8-9)17-12-2-1-3-14-10(12)6-7-18-14/h4-8,12,17H,1-3H2. The zero-order valence-electron chi connectivity index (χ0n) is 9.75. The average Bonchev–Trinajstić information content (AvgIpc) is 2.82. The first kappa shape index (κ1) is 12.3. The number of nitrogens with one attached hydrogen (secondary N) is 1. The van der Waals surface area contributed by atoms with E-state index in [0.29, 0.717) is 6.04 Å². The Morgan fingerprint density at radius 1 is 1.22 bits per heavy atom. The molecule has 1 aromatic heterocycles. The molecule has 94 valence electrons. The molecule has 0 amide bonds. The fraction of sp³-hybridized carbons (Fsp3) is 0.286. The van der Waals surface area contributed by atoms with Crippen molar-refractivity contribution in [1.29, 1.82) is 0 Å². The highest BCUT2D eigenvalue weighted by atomic mass is 79.9. The summed E-state index contributed by atoms with van der Waals surface area (Å²) in [6, 6.07) is 8.62. The van der Waals surface area contributed by atoms with Gasteiger partial charge in [0.25, 0.3) is 0 Å². The topological polar surface area (TPSA) is 25.2 Å². The second-order valence-electron chi connectivity index (χ2n) is 4.51. The molecule has 0 saturated carbocycles. The third-order valence-corrected chi connectivity index (χ3v) is 4.46. The van der Waals surface area contributed by atoms with Crippen LogP contribution in [0.2, 0.25) is 0 Å². The third-order valence-electron chi connectivity index (χ3n) is 3.31. The van der Waals surface area contributed by atoms with Crippen LogP contribution in [0, 0.1) is 0 Å². The van der Waals surface area contributed by atoms with Crippen molar-refractivity contribution in [2.24, 2.45) is 0 Å². The van der Waals surface area contributed by atoms with Crippen LogP contribution in [0.25, 0.3) is 0 Å². The molecule has 2 aromatic rings. The van der Waals surface area contributed by atoms with Gasteiger partial charge in [0, 0.05) is 26.6 Å². The van der Waals surface area contributed by atoms with E-state index in [1.807, 2.05) is 6.07 Å². The quantitative estimate of drug-likeness (QED) is 0.776. The summed E-state index contributed by atoms with van der Waals surface area (Å²) >= 11 is 7.06. The van der Waals surface area contributed by atoms with Gasteiger partial charge < -0.3 is 9.73 Å². The second-order valence-corrected chi connectivity index (χ2v) is 6.28. The SMILES string of the molecule is Brc1ccc(NC2CCCc3occc32)c(Br)c1. The number of fused-ring (bicyclic) bond motifs is 1. The van der Waals surface area contributed by atoms with E-state index in [1.165, 1.54) is 12.0 Å². The van der Waals surface area contributed by atoms with E-state index in [2.05, 4.69) is 55.4 Å². The molecular weight excluding hydrogens is 358 g/mol. The minimum Gasteiger partial charge on any atom is -0.469 e. The molecule has 2 nitrogen and oxygen atoms in total.